The second kappa shape index (κ2) is 7.21. The molecule has 4 nitrogen and oxygen atoms in total. The van der Waals surface area contributed by atoms with Crippen LogP contribution in [-0.2, 0) is 24.0 Å². The van der Waals surface area contributed by atoms with Gasteiger partial charge in [-0.3, -0.25) is 0 Å². The summed E-state index contributed by atoms with van der Waals surface area (Å²) >= 11 is 0. The SMILES string of the molecule is CC(C)(C)OC(=O)N1CCC(C(F)(F)Cc2cc(C=N)cc3c2CC3)CC1. The Balaban J connectivity index is 1.63. The Bertz CT molecular complexity index is 732. The predicted molar refractivity (Wildman–Crippen MR) is 101 cm³/mol. The fourth-order valence-corrected chi connectivity index (χ4v) is 3.90. The Hall–Kier alpha value is -1.98. The highest BCUT2D eigenvalue weighted by Gasteiger charge is 2.43. The molecule has 0 atom stereocenters. The van der Waals surface area contributed by atoms with Crippen LogP contribution >= 0.6 is 0 Å². The van der Waals surface area contributed by atoms with Crippen LogP contribution in [0.15, 0.2) is 12.1 Å². The minimum atomic E-state index is -2.82. The molecule has 0 bridgehead atoms. The van der Waals surface area contributed by atoms with Crippen LogP contribution in [0.5, 0.6) is 0 Å². The highest BCUT2D eigenvalue weighted by atomic mass is 19.3. The van der Waals surface area contributed by atoms with E-state index in [9.17, 15) is 13.6 Å². The Morgan fingerprint density at radius 2 is 1.93 bits per heavy atom. The normalized spacial score (nSPS) is 17.9. The number of aryl methyl sites for hydroxylation is 1. The number of likely N-dealkylation sites (tertiary alicyclic amines) is 1. The molecule has 0 unspecified atom stereocenters. The second-order valence-corrected chi connectivity index (χ2v) is 8.64. The van der Waals surface area contributed by atoms with Crippen molar-refractivity contribution in [3.05, 3.63) is 34.4 Å². The van der Waals surface area contributed by atoms with Crippen molar-refractivity contribution in [1.82, 2.24) is 4.90 Å². The molecule has 0 aromatic heterocycles. The summed E-state index contributed by atoms with van der Waals surface area (Å²) in [5.74, 6) is -3.56. The van der Waals surface area contributed by atoms with E-state index in [2.05, 4.69) is 0 Å². The molecule has 0 spiro atoms. The van der Waals surface area contributed by atoms with Gasteiger partial charge in [-0.1, -0.05) is 0 Å². The third kappa shape index (κ3) is 4.47. The number of hydrogen-bond donors (Lipinski definition) is 1. The van der Waals surface area contributed by atoms with Gasteiger partial charge in [0.05, 0.1) is 0 Å². The molecule has 1 N–H and O–H groups in total. The summed E-state index contributed by atoms with van der Waals surface area (Å²) in [6.07, 6.45) is 2.81. The largest absolute Gasteiger partial charge is 0.444 e. The van der Waals surface area contributed by atoms with Crippen LogP contribution in [0, 0.1) is 11.3 Å². The number of fused-ring (bicyclic) bond motifs is 1. The Morgan fingerprint density at radius 3 is 2.44 bits per heavy atom. The monoisotopic (exact) mass is 378 g/mol. The summed E-state index contributed by atoms with van der Waals surface area (Å²) in [7, 11) is 0. The molecule has 0 radical (unpaired) electrons. The van der Waals surface area contributed by atoms with E-state index in [1.54, 1.807) is 26.8 Å². The van der Waals surface area contributed by atoms with E-state index in [1.807, 2.05) is 6.07 Å². The molecule has 1 aromatic rings. The van der Waals surface area contributed by atoms with Gasteiger partial charge in [-0.05, 0) is 80.8 Å². The predicted octanol–water partition coefficient (Wildman–Crippen LogP) is 4.61. The molecular formula is C21H28F2N2O2. The highest BCUT2D eigenvalue weighted by Crippen LogP contribution is 2.39. The molecule has 1 aliphatic heterocycles. The quantitative estimate of drug-likeness (QED) is 0.778. The van der Waals surface area contributed by atoms with Crippen LogP contribution in [0.25, 0.3) is 0 Å². The summed E-state index contributed by atoms with van der Waals surface area (Å²) in [5, 5.41) is 7.42. The minimum absolute atomic E-state index is 0.276. The van der Waals surface area contributed by atoms with Crippen LogP contribution in [0.4, 0.5) is 13.6 Å². The number of halogens is 2. The fourth-order valence-electron chi connectivity index (χ4n) is 3.90. The summed E-state index contributed by atoms with van der Waals surface area (Å²) in [5.41, 5.74) is 2.92. The Labute approximate surface area is 159 Å². The van der Waals surface area contributed by atoms with Crippen molar-refractivity contribution in [3.8, 4) is 0 Å². The molecule has 148 valence electrons. The van der Waals surface area contributed by atoms with Gasteiger partial charge in [0.25, 0.3) is 5.92 Å². The van der Waals surface area contributed by atoms with Crippen molar-refractivity contribution in [3.63, 3.8) is 0 Å². The van der Waals surface area contributed by atoms with Gasteiger partial charge >= 0.3 is 6.09 Å². The van der Waals surface area contributed by atoms with Gasteiger partial charge in [0.15, 0.2) is 0 Å². The van der Waals surface area contributed by atoms with Crippen LogP contribution in [-0.4, -0.2) is 41.8 Å². The summed E-state index contributed by atoms with van der Waals surface area (Å²) in [4.78, 5) is 13.6. The van der Waals surface area contributed by atoms with Crippen molar-refractivity contribution in [2.45, 2.75) is 64.4 Å². The third-order valence-corrected chi connectivity index (χ3v) is 5.44. The molecule has 1 amide bonds. The van der Waals surface area contributed by atoms with E-state index in [0.29, 0.717) is 24.2 Å². The number of hydrogen-bond acceptors (Lipinski definition) is 3. The molecule has 27 heavy (non-hydrogen) atoms. The fraction of sp³-hybridized carbons (Fsp3) is 0.619. The zero-order valence-corrected chi connectivity index (χ0v) is 16.3. The van der Waals surface area contributed by atoms with E-state index < -0.39 is 23.5 Å². The number of nitrogens with zero attached hydrogens (tertiary/aromatic N) is 1. The van der Waals surface area contributed by atoms with E-state index in [0.717, 1.165) is 24.0 Å². The van der Waals surface area contributed by atoms with E-state index in [4.69, 9.17) is 10.1 Å². The van der Waals surface area contributed by atoms with Gasteiger partial charge < -0.3 is 15.0 Å². The number of piperidine rings is 1. The Kier molecular flexibility index (Phi) is 5.28. The lowest BCUT2D eigenvalue weighted by Gasteiger charge is -2.37. The molecule has 1 saturated heterocycles. The van der Waals surface area contributed by atoms with Crippen molar-refractivity contribution in [2.75, 3.05) is 13.1 Å². The molecule has 1 aliphatic carbocycles. The van der Waals surface area contributed by atoms with Crippen molar-refractivity contribution in [2.24, 2.45) is 5.92 Å². The molecule has 1 heterocycles. The van der Waals surface area contributed by atoms with Crippen LogP contribution in [0.3, 0.4) is 0 Å². The maximum atomic E-state index is 15.0. The lowest BCUT2D eigenvalue weighted by atomic mass is 9.79. The van der Waals surface area contributed by atoms with Crippen molar-refractivity contribution in [1.29, 1.82) is 5.41 Å². The number of rotatable bonds is 4. The molecule has 2 aliphatic rings. The summed E-state index contributed by atoms with van der Waals surface area (Å²) in [6.45, 7) is 5.99. The number of ether oxygens (including phenoxy) is 1. The summed E-state index contributed by atoms with van der Waals surface area (Å²) in [6, 6.07) is 3.65. The zero-order valence-electron chi connectivity index (χ0n) is 16.3. The van der Waals surface area contributed by atoms with E-state index in [1.165, 1.54) is 11.1 Å². The van der Waals surface area contributed by atoms with Gasteiger partial charge in [-0.25, -0.2) is 13.6 Å². The van der Waals surface area contributed by atoms with Gasteiger partial charge in [0.2, 0.25) is 0 Å². The Morgan fingerprint density at radius 1 is 1.26 bits per heavy atom. The van der Waals surface area contributed by atoms with Crippen molar-refractivity contribution >= 4 is 12.3 Å². The molecule has 1 aromatic carbocycles. The molecule has 0 saturated carbocycles. The molecule has 6 heteroatoms. The first-order chi connectivity index (χ1) is 12.6. The highest BCUT2D eigenvalue weighted by molar-refractivity contribution is 5.78. The smallest absolute Gasteiger partial charge is 0.410 e. The lowest BCUT2D eigenvalue weighted by molar-refractivity contribution is -0.0789. The number of carbonyl (C=O) groups is 1. The first-order valence-electron chi connectivity index (χ1n) is 9.60. The van der Waals surface area contributed by atoms with Crippen LogP contribution < -0.4 is 0 Å². The lowest BCUT2D eigenvalue weighted by Crippen LogP contribution is -2.45. The van der Waals surface area contributed by atoms with Gasteiger partial charge in [0, 0.05) is 31.6 Å². The van der Waals surface area contributed by atoms with Gasteiger partial charge in [-0.2, -0.15) is 0 Å². The van der Waals surface area contributed by atoms with E-state index >= 15 is 0 Å². The number of benzene rings is 1. The zero-order chi connectivity index (χ0) is 19.8. The van der Waals surface area contributed by atoms with E-state index in [-0.39, 0.29) is 19.3 Å². The topological polar surface area (TPSA) is 53.4 Å². The average Bonchev–Trinajstić information content (AvgIpc) is 2.54. The standard InChI is InChI=1S/C21H28F2N2O2/c1-20(2,3)27-19(26)25-8-6-17(7-9-25)21(22,23)12-16-11-14(13-24)10-15-4-5-18(15)16/h10-11,13,17,24H,4-9,12H2,1-3H3. The van der Waals surface area contributed by atoms with Crippen LogP contribution in [0.2, 0.25) is 0 Å². The maximum Gasteiger partial charge on any atom is 0.410 e. The number of alkyl halides is 2. The van der Waals surface area contributed by atoms with Gasteiger partial charge in [0.1, 0.15) is 5.60 Å². The number of amides is 1. The van der Waals surface area contributed by atoms with Crippen LogP contribution in [0.1, 0.15) is 55.9 Å². The molecule has 1 fully saturated rings. The first-order valence-corrected chi connectivity index (χ1v) is 9.60. The van der Waals surface area contributed by atoms with Gasteiger partial charge in [-0.15, -0.1) is 0 Å². The number of carbonyl (C=O) groups excluding carboxylic acids is 1. The number of nitrogens with one attached hydrogen (secondary N) is 1. The first kappa shape index (κ1) is 19.8. The average molecular weight is 378 g/mol. The minimum Gasteiger partial charge on any atom is -0.444 e. The molecule has 3 rings (SSSR count). The maximum absolute atomic E-state index is 15.0. The second-order valence-electron chi connectivity index (χ2n) is 8.64. The van der Waals surface area contributed by atoms with Crippen molar-refractivity contribution < 1.29 is 18.3 Å². The molecular weight excluding hydrogens is 350 g/mol. The summed E-state index contributed by atoms with van der Waals surface area (Å²) < 4.78 is 35.3. The third-order valence-electron chi connectivity index (χ3n) is 5.44.